The molecule has 2 rings (SSSR count). The second-order valence-corrected chi connectivity index (χ2v) is 7.15. The molecule has 0 atom stereocenters. The monoisotopic (exact) mass is 399 g/mol. The number of likely N-dealkylation sites (N-methyl/N-ethyl adjacent to an activating group) is 1. The molecule has 6 heteroatoms. The molecule has 5 nitrogen and oxygen atoms in total. The van der Waals surface area contributed by atoms with Gasteiger partial charge in [-0.1, -0.05) is 12.1 Å². The Morgan fingerprint density at radius 1 is 0.966 bits per heavy atom. The van der Waals surface area contributed by atoms with Gasteiger partial charge in [0.2, 0.25) is 5.91 Å². The Morgan fingerprint density at radius 3 is 2.10 bits per heavy atom. The van der Waals surface area contributed by atoms with Crippen molar-refractivity contribution in [2.75, 3.05) is 24.5 Å². The first kappa shape index (κ1) is 22.4. The van der Waals surface area contributed by atoms with Crippen LogP contribution in [0.15, 0.2) is 48.5 Å². The van der Waals surface area contributed by atoms with Crippen molar-refractivity contribution in [2.24, 2.45) is 0 Å². The molecule has 29 heavy (non-hydrogen) atoms. The maximum absolute atomic E-state index is 12.9. The zero-order chi connectivity index (χ0) is 21.4. The molecule has 1 N–H and O–H groups in total. The van der Waals surface area contributed by atoms with Crippen molar-refractivity contribution in [2.45, 2.75) is 40.3 Å². The number of carbonyl (C=O) groups is 2. The zero-order valence-corrected chi connectivity index (χ0v) is 17.6. The number of nitrogens with zero attached hydrogens (tertiary/aromatic N) is 2. The third kappa shape index (κ3) is 6.31. The average molecular weight is 400 g/mol. The molecule has 2 aromatic carbocycles. The fourth-order valence-electron chi connectivity index (χ4n) is 3.18. The second kappa shape index (κ2) is 10.6. The van der Waals surface area contributed by atoms with Crippen LogP contribution in [0.3, 0.4) is 0 Å². The molecule has 156 valence electrons. The third-order valence-corrected chi connectivity index (χ3v) is 4.82. The number of nitrogens with one attached hydrogen (secondary N) is 1. The Labute approximate surface area is 172 Å². The van der Waals surface area contributed by atoms with Gasteiger partial charge in [-0.3, -0.25) is 9.59 Å². The molecular weight excluding hydrogens is 369 g/mol. The summed E-state index contributed by atoms with van der Waals surface area (Å²) < 4.78 is 12.9. The Morgan fingerprint density at radius 2 is 1.59 bits per heavy atom. The summed E-state index contributed by atoms with van der Waals surface area (Å²) in [4.78, 5) is 28.8. The van der Waals surface area contributed by atoms with Gasteiger partial charge in [-0.15, -0.1) is 0 Å². The molecule has 0 radical (unpaired) electrons. The molecule has 0 fully saturated rings. The van der Waals surface area contributed by atoms with E-state index < -0.39 is 0 Å². The molecule has 0 aliphatic rings. The van der Waals surface area contributed by atoms with Gasteiger partial charge in [-0.05, 0) is 69.7 Å². The van der Waals surface area contributed by atoms with Crippen LogP contribution in [0.2, 0.25) is 0 Å². The van der Waals surface area contributed by atoms with Crippen LogP contribution in [0.4, 0.5) is 10.1 Å². The van der Waals surface area contributed by atoms with E-state index in [1.807, 2.05) is 31.2 Å². The summed E-state index contributed by atoms with van der Waals surface area (Å²) in [5.41, 5.74) is 2.43. The van der Waals surface area contributed by atoms with Crippen LogP contribution in [0.1, 0.15) is 43.6 Å². The molecule has 0 aliphatic heterocycles. The number of rotatable bonds is 9. The number of amides is 2. The van der Waals surface area contributed by atoms with Crippen LogP contribution in [0.5, 0.6) is 0 Å². The minimum atomic E-state index is -0.315. The maximum Gasteiger partial charge on any atom is 0.254 e. The lowest BCUT2D eigenvalue weighted by molar-refractivity contribution is -0.121. The first-order chi connectivity index (χ1) is 13.8. The normalized spacial score (nSPS) is 10.7. The topological polar surface area (TPSA) is 52.7 Å². The van der Waals surface area contributed by atoms with Gasteiger partial charge >= 0.3 is 0 Å². The highest BCUT2D eigenvalue weighted by Crippen LogP contribution is 2.18. The van der Waals surface area contributed by atoms with Gasteiger partial charge in [0, 0.05) is 36.9 Å². The number of benzene rings is 2. The summed E-state index contributed by atoms with van der Waals surface area (Å²) in [6.07, 6.45) is 0. The van der Waals surface area contributed by atoms with Gasteiger partial charge in [-0.25, -0.2) is 4.39 Å². The van der Waals surface area contributed by atoms with Crippen LogP contribution in [0, 0.1) is 5.82 Å². The molecule has 0 spiro atoms. The van der Waals surface area contributed by atoms with E-state index in [1.54, 1.807) is 12.1 Å². The summed E-state index contributed by atoms with van der Waals surface area (Å²) >= 11 is 0. The van der Waals surface area contributed by atoms with Crippen molar-refractivity contribution in [3.05, 3.63) is 65.5 Å². The number of hydrogen-bond acceptors (Lipinski definition) is 3. The fourth-order valence-corrected chi connectivity index (χ4v) is 3.18. The third-order valence-electron chi connectivity index (χ3n) is 4.82. The van der Waals surface area contributed by atoms with Crippen LogP contribution >= 0.6 is 0 Å². The smallest absolute Gasteiger partial charge is 0.254 e. The lowest BCUT2D eigenvalue weighted by atomic mass is 10.1. The molecule has 0 aliphatic carbocycles. The van der Waals surface area contributed by atoms with E-state index in [9.17, 15) is 14.0 Å². The van der Waals surface area contributed by atoms with E-state index in [0.717, 1.165) is 17.8 Å². The molecule has 0 bridgehead atoms. The van der Waals surface area contributed by atoms with Gasteiger partial charge in [-0.2, -0.15) is 0 Å². The van der Waals surface area contributed by atoms with Gasteiger partial charge in [0.15, 0.2) is 0 Å². The van der Waals surface area contributed by atoms with Crippen molar-refractivity contribution in [3.8, 4) is 0 Å². The van der Waals surface area contributed by atoms with Crippen LogP contribution < -0.4 is 10.2 Å². The van der Waals surface area contributed by atoms with Gasteiger partial charge in [0.05, 0.1) is 6.54 Å². The highest BCUT2D eigenvalue weighted by molar-refractivity contribution is 5.96. The highest BCUT2D eigenvalue weighted by atomic mass is 19.1. The number of anilines is 1. The van der Waals surface area contributed by atoms with Crippen molar-refractivity contribution >= 4 is 17.5 Å². The van der Waals surface area contributed by atoms with Crippen LogP contribution in [-0.4, -0.2) is 42.4 Å². The van der Waals surface area contributed by atoms with Crippen molar-refractivity contribution in [1.82, 2.24) is 10.2 Å². The number of hydrogen-bond donors (Lipinski definition) is 1. The lowest BCUT2D eigenvalue weighted by Gasteiger charge is -2.28. The highest BCUT2D eigenvalue weighted by Gasteiger charge is 2.18. The molecule has 2 aromatic rings. The maximum atomic E-state index is 12.9. The standard InChI is InChI=1S/C23H30FN3O2/c1-5-26(16-22(28)25-15-18-7-11-20(24)12-8-18)23(29)19-9-13-21(14-10-19)27(6-2)17(3)4/h7-14,17H,5-6,15-16H2,1-4H3,(H,25,28). The second-order valence-electron chi connectivity index (χ2n) is 7.15. The molecule has 0 heterocycles. The molecule has 0 saturated heterocycles. The SMILES string of the molecule is CCN(CC(=O)NCc1ccc(F)cc1)C(=O)c1ccc(N(CC)C(C)C)cc1. The predicted octanol–water partition coefficient (Wildman–Crippen LogP) is 3.84. The van der Waals surface area contributed by atoms with E-state index in [0.29, 0.717) is 24.7 Å². The van der Waals surface area contributed by atoms with Crippen molar-refractivity contribution < 1.29 is 14.0 Å². The molecule has 0 aromatic heterocycles. The van der Waals surface area contributed by atoms with E-state index >= 15 is 0 Å². The molecular formula is C23H30FN3O2. The van der Waals surface area contributed by atoms with E-state index in [-0.39, 0.29) is 24.2 Å². The Kier molecular flexibility index (Phi) is 8.19. The van der Waals surface area contributed by atoms with Crippen molar-refractivity contribution in [3.63, 3.8) is 0 Å². The summed E-state index contributed by atoms with van der Waals surface area (Å²) in [6.45, 7) is 9.79. The Hall–Kier alpha value is -2.89. The quantitative estimate of drug-likeness (QED) is 0.697. The molecule has 0 unspecified atom stereocenters. The van der Waals surface area contributed by atoms with Gasteiger partial charge < -0.3 is 15.1 Å². The van der Waals surface area contributed by atoms with Crippen LogP contribution in [-0.2, 0) is 11.3 Å². The van der Waals surface area contributed by atoms with Gasteiger partial charge in [0.25, 0.3) is 5.91 Å². The molecule has 0 saturated carbocycles. The van der Waals surface area contributed by atoms with Crippen molar-refractivity contribution in [1.29, 1.82) is 0 Å². The zero-order valence-electron chi connectivity index (χ0n) is 17.6. The minimum Gasteiger partial charge on any atom is -0.369 e. The average Bonchev–Trinajstić information content (AvgIpc) is 2.72. The van der Waals surface area contributed by atoms with Crippen LogP contribution in [0.25, 0.3) is 0 Å². The van der Waals surface area contributed by atoms with Gasteiger partial charge in [0.1, 0.15) is 5.82 Å². The first-order valence-corrected chi connectivity index (χ1v) is 10.0. The molecule has 2 amide bonds. The summed E-state index contributed by atoms with van der Waals surface area (Å²) in [7, 11) is 0. The van der Waals surface area contributed by atoms with E-state index in [2.05, 4.69) is 31.0 Å². The fraction of sp³-hybridized carbons (Fsp3) is 0.391. The lowest BCUT2D eigenvalue weighted by Crippen LogP contribution is -2.40. The first-order valence-electron chi connectivity index (χ1n) is 10.0. The van der Waals surface area contributed by atoms with E-state index in [4.69, 9.17) is 0 Å². The minimum absolute atomic E-state index is 0.0225. The number of carbonyl (C=O) groups excluding carboxylic acids is 2. The Bertz CT molecular complexity index is 804. The summed E-state index contributed by atoms with van der Waals surface area (Å²) in [5, 5.41) is 2.77. The predicted molar refractivity (Wildman–Crippen MR) is 114 cm³/mol. The largest absolute Gasteiger partial charge is 0.369 e. The summed E-state index contributed by atoms with van der Waals surface area (Å²) in [5.74, 6) is -0.744. The number of halogens is 1. The Balaban J connectivity index is 1.96. The van der Waals surface area contributed by atoms with E-state index in [1.165, 1.54) is 17.0 Å². The summed E-state index contributed by atoms with van der Waals surface area (Å²) in [6, 6.07) is 13.8.